The van der Waals surface area contributed by atoms with Crippen molar-refractivity contribution in [2.24, 2.45) is 0 Å². The van der Waals surface area contributed by atoms with Crippen molar-refractivity contribution in [1.29, 1.82) is 0 Å². The van der Waals surface area contributed by atoms with Gasteiger partial charge in [0.2, 0.25) is 5.75 Å². The van der Waals surface area contributed by atoms with Gasteiger partial charge in [-0.15, -0.1) is 0 Å². The Hall–Kier alpha value is -4.25. The summed E-state index contributed by atoms with van der Waals surface area (Å²) in [6, 6.07) is 10.1. The Morgan fingerprint density at radius 1 is 0.694 bits per heavy atom. The number of rotatable bonds is 10. The van der Waals surface area contributed by atoms with Gasteiger partial charge in [-0.25, -0.2) is 8.42 Å². The molecule has 36 heavy (non-hydrogen) atoms. The van der Waals surface area contributed by atoms with Gasteiger partial charge in [-0.3, -0.25) is 4.72 Å². The lowest BCUT2D eigenvalue weighted by Crippen LogP contribution is -2.13. The zero-order chi connectivity index (χ0) is 26.5. The standard InChI is InChI=1S/C25H27NO9S/c1-31-20-9-8-17(14-19(20)27)36(29,30)26-18-10-15(11-21(32-2)24(18)28)6-7-16-12-22(33-3)25(35-5)23(13-16)34-4/h6-14,26-28H,1-5H3. The second-order valence-electron chi connectivity index (χ2n) is 7.35. The van der Waals surface area contributed by atoms with Crippen molar-refractivity contribution in [2.75, 3.05) is 40.3 Å². The maximum Gasteiger partial charge on any atom is 0.262 e. The smallest absolute Gasteiger partial charge is 0.262 e. The Labute approximate surface area is 209 Å². The lowest BCUT2D eigenvalue weighted by molar-refractivity contribution is 0.324. The summed E-state index contributed by atoms with van der Waals surface area (Å²) < 4.78 is 54.4. The Kier molecular flexibility index (Phi) is 8.05. The molecule has 3 rings (SSSR count). The zero-order valence-electron chi connectivity index (χ0n) is 20.4. The van der Waals surface area contributed by atoms with Crippen LogP contribution in [-0.2, 0) is 10.0 Å². The second kappa shape index (κ2) is 11.0. The first kappa shape index (κ1) is 26.4. The molecule has 0 atom stereocenters. The van der Waals surface area contributed by atoms with Crippen LogP contribution in [0.15, 0.2) is 47.4 Å². The van der Waals surface area contributed by atoms with E-state index in [9.17, 15) is 18.6 Å². The van der Waals surface area contributed by atoms with Gasteiger partial charge < -0.3 is 33.9 Å². The molecule has 0 bridgehead atoms. The second-order valence-corrected chi connectivity index (χ2v) is 9.03. The molecule has 11 heteroatoms. The molecule has 192 valence electrons. The lowest BCUT2D eigenvalue weighted by atomic mass is 10.1. The third kappa shape index (κ3) is 5.52. The number of nitrogens with one attached hydrogen (secondary N) is 1. The molecule has 0 heterocycles. The van der Waals surface area contributed by atoms with E-state index in [1.807, 2.05) is 0 Å². The Morgan fingerprint density at radius 3 is 1.72 bits per heavy atom. The van der Waals surface area contributed by atoms with Crippen molar-refractivity contribution < 1.29 is 42.3 Å². The summed E-state index contributed by atoms with van der Waals surface area (Å²) in [7, 11) is 3.06. The van der Waals surface area contributed by atoms with Crippen LogP contribution in [0.2, 0.25) is 0 Å². The molecule has 3 aromatic carbocycles. The molecule has 10 nitrogen and oxygen atoms in total. The number of sulfonamides is 1. The van der Waals surface area contributed by atoms with E-state index in [2.05, 4.69) is 4.72 Å². The highest BCUT2D eigenvalue weighted by Crippen LogP contribution is 2.40. The first-order valence-electron chi connectivity index (χ1n) is 10.5. The van der Waals surface area contributed by atoms with Gasteiger partial charge in [0, 0.05) is 6.07 Å². The first-order valence-corrected chi connectivity index (χ1v) is 11.9. The van der Waals surface area contributed by atoms with Gasteiger partial charge in [-0.1, -0.05) is 12.2 Å². The van der Waals surface area contributed by atoms with E-state index in [1.165, 1.54) is 53.7 Å². The molecule has 0 aliphatic carbocycles. The molecule has 0 spiro atoms. The van der Waals surface area contributed by atoms with Gasteiger partial charge in [0.05, 0.1) is 46.1 Å². The normalized spacial score (nSPS) is 11.2. The fourth-order valence-electron chi connectivity index (χ4n) is 3.39. The van der Waals surface area contributed by atoms with Gasteiger partial charge in [0.25, 0.3) is 10.0 Å². The minimum Gasteiger partial charge on any atom is -0.504 e. The summed E-state index contributed by atoms with van der Waals surface area (Å²) in [4.78, 5) is -0.225. The topological polar surface area (TPSA) is 133 Å². The van der Waals surface area contributed by atoms with Crippen LogP contribution < -0.4 is 28.4 Å². The van der Waals surface area contributed by atoms with Crippen LogP contribution in [0.25, 0.3) is 12.2 Å². The number of methoxy groups -OCH3 is 5. The minimum absolute atomic E-state index is 0.0531. The van der Waals surface area contributed by atoms with Crippen LogP contribution in [0, 0.1) is 0 Å². The average molecular weight is 518 g/mol. The van der Waals surface area contributed by atoms with Crippen LogP contribution in [0.3, 0.4) is 0 Å². The Morgan fingerprint density at radius 2 is 1.22 bits per heavy atom. The van der Waals surface area contributed by atoms with Gasteiger partial charge in [0.1, 0.15) is 0 Å². The molecule has 0 saturated carbocycles. The quantitative estimate of drug-likeness (QED) is 0.268. The van der Waals surface area contributed by atoms with Crippen LogP contribution in [0.4, 0.5) is 5.69 Å². The largest absolute Gasteiger partial charge is 0.504 e. The summed E-state index contributed by atoms with van der Waals surface area (Å²) in [5.41, 5.74) is 1.12. The van der Waals surface area contributed by atoms with Crippen LogP contribution >= 0.6 is 0 Å². The fraction of sp³-hybridized carbons (Fsp3) is 0.200. The molecule has 0 saturated heterocycles. The van der Waals surface area contributed by atoms with Gasteiger partial charge in [-0.2, -0.15) is 0 Å². The maximum absolute atomic E-state index is 12.9. The van der Waals surface area contributed by atoms with Gasteiger partial charge >= 0.3 is 0 Å². The van der Waals surface area contributed by atoms with Crippen molar-refractivity contribution in [2.45, 2.75) is 4.90 Å². The number of phenolic OH excluding ortho intramolecular Hbond substituents is 2. The molecule has 0 aliphatic heterocycles. The van der Waals surface area contributed by atoms with E-state index in [4.69, 9.17) is 23.7 Å². The van der Waals surface area contributed by atoms with E-state index in [1.54, 1.807) is 30.4 Å². The highest BCUT2D eigenvalue weighted by atomic mass is 32.2. The lowest BCUT2D eigenvalue weighted by Gasteiger charge is -2.14. The van der Waals surface area contributed by atoms with E-state index in [0.717, 1.165) is 6.07 Å². The van der Waals surface area contributed by atoms with Crippen molar-refractivity contribution in [1.82, 2.24) is 0 Å². The van der Waals surface area contributed by atoms with E-state index >= 15 is 0 Å². The van der Waals surface area contributed by atoms with E-state index in [0.29, 0.717) is 28.4 Å². The molecular formula is C25H27NO9S. The predicted octanol–water partition coefficient (Wildman–Crippen LogP) is 4.11. The molecule has 0 radical (unpaired) electrons. The van der Waals surface area contributed by atoms with Crippen LogP contribution in [-0.4, -0.2) is 54.2 Å². The molecule has 0 fully saturated rings. The SMILES string of the molecule is COc1ccc(S(=O)(=O)Nc2cc(C=Cc3cc(OC)c(OC)c(OC)c3)cc(OC)c2O)cc1O. The highest BCUT2D eigenvalue weighted by Gasteiger charge is 2.20. The fourth-order valence-corrected chi connectivity index (χ4v) is 4.47. The van der Waals surface area contributed by atoms with Crippen molar-refractivity contribution in [3.63, 3.8) is 0 Å². The first-order chi connectivity index (χ1) is 17.2. The average Bonchev–Trinajstić information content (AvgIpc) is 2.87. The molecule has 3 aromatic rings. The molecule has 3 N–H and O–H groups in total. The maximum atomic E-state index is 12.9. The molecule has 0 aromatic heterocycles. The number of benzene rings is 3. The number of hydrogen-bond donors (Lipinski definition) is 3. The van der Waals surface area contributed by atoms with Crippen molar-refractivity contribution in [3.8, 4) is 40.2 Å². The number of aromatic hydroxyl groups is 2. The molecule has 0 aliphatic rings. The van der Waals surface area contributed by atoms with Crippen molar-refractivity contribution >= 4 is 27.9 Å². The molecule has 0 amide bonds. The third-order valence-corrected chi connectivity index (χ3v) is 6.54. The number of anilines is 1. The summed E-state index contributed by atoms with van der Waals surface area (Å²) in [5.74, 6) is 0.819. The number of hydrogen-bond acceptors (Lipinski definition) is 9. The van der Waals surface area contributed by atoms with Gasteiger partial charge in [-0.05, 0) is 47.5 Å². The monoisotopic (exact) mass is 517 g/mol. The van der Waals surface area contributed by atoms with Crippen LogP contribution in [0.1, 0.15) is 11.1 Å². The summed E-state index contributed by atoms with van der Waals surface area (Å²) in [5, 5.41) is 20.5. The Balaban J connectivity index is 1.99. The highest BCUT2D eigenvalue weighted by molar-refractivity contribution is 7.92. The van der Waals surface area contributed by atoms with Crippen LogP contribution in [0.5, 0.6) is 40.2 Å². The number of ether oxygens (including phenoxy) is 5. The van der Waals surface area contributed by atoms with E-state index < -0.39 is 15.8 Å². The van der Waals surface area contributed by atoms with Crippen molar-refractivity contribution in [3.05, 3.63) is 53.6 Å². The number of phenols is 2. The Bertz CT molecular complexity index is 1360. The minimum atomic E-state index is -4.17. The van der Waals surface area contributed by atoms with Gasteiger partial charge in [0.15, 0.2) is 34.5 Å². The summed E-state index contributed by atoms with van der Waals surface area (Å²) in [6.07, 6.45) is 3.44. The summed E-state index contributed by atoms with van der Waals surface area (Å²) >= 11 is 0. The zero-order valence-corrected chi connectivity index (χ0v) is 21.2. The molecule has 0 unspecified atom stereocenters. The molecular weight excluding hydrogens is 490 g/mol. The summed E-state index contributed by atoms with van der Waals surface area (Å²) in [6.45, 7) is 0. The third-order valence-electron chi connectivity index (χ3n) is 5.18. The van der Waals surface area contributed by atoms with E-state index in [-0.39, 0.29) is 27.8 Å². The predicted molar refractivity (Wildman–Crippen MR) is 135 cm³/mol.